The van der Waals surface area contributed by atoms with Gasteiger partial charge in [-0.05, 0) is 36.8 Å². The van der Waals surface area contributed by atoms with Crippen LogP contribution in [0.5, 0.6) is 11.5 Å². The Morgan fingerprint density at radius 2 is 2.08 bits per heavy atom. The first-order valence-corrected chi connectivity index (χ1v) is 8.09. The molecule has 0 radical (unpaired) electrons. The van der Waals surface area contributed by atoms with Crippen LogP contribution in [0.3, 0.4) is 0 Å². The van der Waals surface area contributed by atoms with Gasteiger partial charge in [0.15, 0.2) is 11.5 Å². The van der Waals surface area contributed by atoms with Crippen molar-refractivity contribution in [3.8, 4) is 11.5 Å². The van der Waals surface area contributed by atoms with Gasteiger partial charge in [-0.3, -0.25) is 0 Å². The van der Waals surface area contributed by atoms with Crippen LogP contribution in [-0.2, 0) is 16.2 Å². The lowest BCUT2D eigenvalue weighted by atomic mass is 10.1. The molecule has 0 N–H and O–H groups in total. The van der Waals surface area contributed by atoms with Gasteiger partial charge >= 0.3 is 5.97 Å². The van der Waals surface area contributed by atoms with E-state index in [0.29, 0.717) is 33.9 Å². The summed E-state index contributed by atoms with van der Waals surface area (Å²) in [5.41, 5.74) is 1.83. The van der Waals surface area contributed by atoms with Crippen molar-refractivity contribution >= 4 is 29.4 Å². The highest BCUT2D eigenvalue weighted by atomic mass is 35.5. The zero-order valence-corrected chi connectivity index (χ0v) is 14.8. The lowest BCUT2D eigenvalue weighted by Gasteiger charge is -2.14. The number of carbonyl (C=O) groups is 1. The van der Waals surface area contributed by atoms with Crippen LogP contribution in [0.4, 0.5) is 4.39 Å². The maximum atomic E-state index is 13.7. The van der Waals surface area contributed by atoms with Gasteiger partial charge in [0.05, 0.1) is 23.4 Å². The summed E-state index contributed by atoms with van der Waals surface area (Å²) in [7, 11) is 1.47. The highest BCUT2D eigenvalue weighted by molar-refractivity contribution is 6.32. The highest BCUT2D eigenvalue weighted by Crippen LogP contribution is 2.37. The molecule has 134 valence electrons. The summed E-state index contributed by atoms with van der Waals surface area (Å²) < 4.78 is 24.7. The minimum absolute atomic E-state index is 0.00127. The van der Waals surface area contributed by atoms with Gasteiger partial charge in [0.1, 0.15) is 12.4 Å². The number of halogens is 2. The van der Waals surface area contributed by atoms with E-state index in [9.17, 15) is 9.18 Å². The largest absolute Gasteiger partial charge is 0.493 e. The van der Waals surface area contributed by atoms with Crippen molar-refractivity contribution in [1.29, 1.82) is 0 Å². The summed E-state index contributed by atoms with van der Waals surface area (Å²) in [5, 5.41) is 3.89. The van der Waals surface area contributed by atoms with Crippen molar-refractivity contribution in [3.63, 3.8) is 0 Å². The molecule has 2 aromatic rings. The molecule has 0 atom stereocenters. The predicted octanol–water partition coefficient (Wildman–Crippen LogP) is 4.38. The molecule has 26 heavy (non-hydrogen) atoms. The van der Waals surface area contributed by atoms with E-state index in [1.165, 1.54) is 13.2 Å². The van der Waals surface area contributed by atoms with Gasteiger partial charge in [0.25, 0.3) is 0 Å². The third-order valence-electron chi connectivity index (χ3n) is 3.77. The van der Waals surface area contributed by atoms with E-state index in [0.717, 1.165) is 0 Å². The van der Waals surface area contributed by atoms with Crippen molar-refractivity contribution in [1.82, 2.24) is 0 Å². The Kier molecular flexibility index (Phi) is 5.23. The average Bonchev–Trinajstić information content (AvgIpc) is 2.93. The minimum Gasteiger partial charge on any atom is -0.493 e. The smallest absolute Gasteiger partial charge is 0.367 e. The molecule has 3 rings (SSSR count). The van der Waals surface area contributed by atoms with E-state index >= 15 is 0 Å². The van der Waals surface area contributed by atoms with Gasteiger partial charge < -0.3 is 14.3 Å². The van der Waals surface area contributed by atoms with E-state index < -0.39 is 5.97 Å². The van der Waals surface area contributed by atoms with E-state index in [-0.39, 0.29) is 17.4 Å². The number of ether oxygens (including phenoxy) is 2. The molecule has 1 aliphatic heterocycles. The Balaban J connectivity index is 1.88. The van der Waals surface area contributed by atoms with Crippen LogP contribution in [0.25, 0.3) is 6.08 Å². The van der Waals surface area contributed by atoms with Crippen LogP contribution in [-0.4, -0.2) is 18.8 Å². The standard InChI is InChI=1S/C19H15ClFNO4/c1-11-14(19(23)26-22-11)7-12-8-15(20)18(17(9-12)24-2)25-10-13-5-3-4-6-16(13)21/h3-9H,10H2,1-2H3. The number of methoxy groups -OCH3 is 1. The molecule has 0 saturated heterocycles. The molecule has 1 heterocycles. The fourth-order valence-electron chi connectivity index (χ4n) is 2.41. The van der Waals surface area contributed by atoms with Crippen molar-refractivity contribution < 1.29 is 23.5 Å². The van der Waals surface area contributed by atoms with Crippen LogP contribution in [0, 0.1) is 5.82 Å². The van der Waals surface area contributed by atoms with Crippen LogP contribution in [0.1, 0.15) is 18.1 Å². The lowest BCUT2D eigenvalue weighted by molar-refractivity contribution is -0.136. The van der Waals surface area contributed by atoms with Gasteiger partial charge in [0, 0.05) is 5.56 Å². The quantitative estimate of drug-likeness (QED) is 0.574. The highest BCUT2D eigenvalue weighted by Gasteiger charge is 2.22. The summed E-state index contributed by atoms with van der Waals surface area (Å²) in [5.74, 6) is -0.239. The molecular formula is C19H15ClFNO4. The van der Waals surface area contributed by atoms with Gasteiger partial charge in [-0.25, -0.2) is 9.18 Å². The van der Waals surface area contributed by atoms with E-state index in [1.54, 1.807) is 43.3 Å². The number of hydrogen-bond acceptors (Lipinski definition) is 5. The number of oxime groups is 1. The number of rotatable bonds is 5. The minimum atomic E-state index is -0.530. The molecule has 0 aliphatic carbocycles. The molecular weight excluding hydrogens is 361 g/mol. The van der Waals surface area contributed by atoms with Crippen LogP contribution < -0.4 is 9.47 Å². The molecule has 7 heteroatoms. The molecule has 1 aliphatic rings. The van der Waals surface area contributed by atoms with E-state index in [4.69, 9.17) is 21.1 Å². The van der Waals surface area contributed by atoms with Crippen molar-refractivity contribution in [3.05, 3.63) is 63.9 Å². The first-order valence-electron chi connectivity index (χ1n) is 7.71. The molecule has 0 bridgehead atoms. The normalized spacial score (nSPS) is 15.0. The Morgan fingerprint density at radius 1 is 1.31 bits per heavy atom. The number of hydrogen-bond donors (Lipinski definition) is 0. The molecule has 0 fully saturated rings. The predicted molar refractivity (Wildman–Crippen MR) is 95.9 cm³/mol. The molecule has 0 spiro atoms. The Labute approximate surface area is 154 Å². The second kappa shape index (κ2) is 7.58. The monoisotopic (exact) mass is 375 g/mol. The van der Waals surface area contributed by atoms with Gasteiger partial charge in [-0.15, -0.1) is 0 Å². The van der Waals surface area contributed by atoms with Crippen molar-refractivity contribution in [2.45, 2.75) is 13.5 Å². The molecule has 0 unspecified atom stereocenters. The molecule has 5 nitrogen and oxygen atoms in total. The van der Waals surface area contributed by atoms with Crippen LogP contribution in [0.15, 0.2) is 47.1 Å². The summed E-state index contributed by atoms with van der Waals surface area (Å²) in [4.78, 5) is 16.3. The zero-order valence-electron chi connectivity index (χ0n) is 14.1. The SMILES string of the molecule is COc1cc(C=C2C(=O)ON=C2C)cc(Cl)c1OCc1ccccc1F. The van der Waals surface area contributed by atoms with Gasteiger partial charge in [-0.1, -0.05) is 35.0 Å². The zero-order chi connectivity index (χ0) is 18.7. The van der Waals surface area contributed by atoms with E-state index in [1.807, 2.05) is 0 Å². The topological polar surface area (TPSA) is 57.1 Å². The number of carbonyl (C=O) groups excluding carboxylic acids is 1. The summed E-state index contributed by atoms with van der Waals surface area (Å²) >= 11 is 6.30. The summed E-state index contributed by atoms with van der Waals surface area (Å²) in [6, 6.07) is 9.59. The van der Waals surface area contributed by atoms with Crippen molar-refractivity contribution in [2.24, 2.45) is 5.16 Å². The Morgan fingerprint density at radius 3 is 2.73 bits per heavy atom. The summed E-state index contributed by atoms with van der Waals surface area (Å²) in [6.45, 7) is 1.67. The third kappa shape index (κ3) is 3.70. The summed E-state index contributed by atoms with van der Waals surface area (Å²) in [6.07, 6.45) is 1.60. The second-order valence-corrected chi connectivity index (χ2v) is 5.93. The second-order valence-electron chi connectivity index (χ2n) is 5.53. The molecule has 0 saturated carbocycles. The van der Waals surface area contributed by atoms with Crippen molar-refractivity contribution in [2.75, 3.05) is 7.11 Å². The molecule has 2 aromatic carbocycles. The maximum Gasteiger partial charge on any atom is 0.367 e. The van der Waals surface area contributed by atoms with E-state index in [2.05, 4.69) is 9.99 Å². The maximum absolute atomic E-state index is 13.7. The first-order chi connectivity index (χ1) is 12.5. The number of nitrogens with zero attached hydrogens (tertiary/aromatic N) is 1. The lowest BCUT2D eigenvalue weighted by Crippen LogP contribution is -2.03. The first kappa shape index (κ1) is 17.9. The Bertz CT molecular complexity index is 924. The van der Waals surface area contributed by atoms with Crippen LogP contribution in [0.2, 0.25) is 5.02 Å². The Hall–Kier alpha value is -2.86. The van der Waals surface area contributed by atoms with Gasteiger partial charge in [0.2, 0.25) is 0 Å². The van der Waals surface area contributed by atoms with Gasteiger partial charge in [-0.2, -0.15) is 0 Å². The van der Waals surface area contributed by atoms with Crippen LogP contribution >= 0.6 is 11.6 Å². The average molecular weight is 376 g/mol. The molecule has 0 amide bonds. The number of benzene rings is 2. The fourth-order valence-corrected chi connectivity index (χ4v) is 2.69. The molecule has 0 aromatic heterocycles. The fraction of sp³-hybridized carbons (Fsp3) is 0.158. The third-order valence-corrected chi connectivity index (χ3v) is 4.05.